The summed E-state index contributed by atoms with van der Waals surface area (Å²) in [6, 6.07) is -0.141. The first-order chi connectivity index (χ1) is 13.0. The number of carbonyl (C=O) groups is 2. The molecule has 10 nitrogen and oxygen atoms in total. The van der Waals surface area contributed by atoms with E-state index < -0.39 is 12.0 Å². The normalized spacial score (nSPS) is 23.4. The predicted molar refractivity (Wildman–Crippen MR) is 98.8 cm³/mol. The highest BCUT2D eigenvalue weighted by Gasteiger charge is 2.27. The average Bonchev–Trinajstić information content (AvgIpc) is 2.64. The second kappa shape index (κ2) is 8.85. The Morgan fingerprint density at radius 1 is 1.11 bits per heavy atom. The van der Waals surface area contributed by atoms with Crippen LogP contribution in [-0.2, 0) is 4.74 Å². The summed E-state index contributed by atoms with van der Waals surface area (Å²) in [4.78, 5) is 31.4. The summed E-state index contributed by atoms with van der Waals surface area (Å²) >= 11 is 0. The predicted octanol–water partition coefficient (Wildman–Crippen LogP) is 1.16. The molecule has 148 valence electrons. The first kappa shape index (κ1) is 19.2. The molecule has 2 unspecified atom stereocenters. The maximum Gasteiger partial charge on any atom is 0.404 e. The molecule has 1 aliphatic heterocycles. The van der Waals surface area contributed by atoms with Crippen molar-refractivity contribution in [1.82, 2.24) is 15.3 Å². The van der Waals surface area contributed by atoms with Crippen molar-refractivity contribution in [2.75, 3.05) is 23.8 Å². The largest absolute Gasteiger partial charge is 0.465 e. The van der Waals surface area contributed by atoms with Gasteiger partial charge in [0, 0.05) is 25.3 Å². The van der Waals surface area contributed by atoms with Gasteiger partial charge >= 0.3 is 6.09 Å². The molecular formula is C17H26N6O4. The minimum atomic E-state index is -1.04. The number of amides is 2. The SMILES string of the molecule is NC(=O)c1ncc(NC2CCCCC2NC(=O)O)nc1NC1CCOCC1. The van der Waals surface area contributed by atoms with Gasteiger partial charge in [-0.05, 0) is 25.7 Å². The fourth-order valence-corrected chi connectivity index (χ4v) is 3.60. The highest BCUT2D eigenvalue weighted by atomic mass is 16.5. The van der Waals surface area contributed by atoms with Crippen molar-refractivity contribution in [1.29, 1.82) is 0 Å². The molecule has 0 spiro atoms. The monoisotopic (exact) mass is 378 g/mol. The molecule has 2 fully saturated rings. The van der Waals surface area contributed by atoms with Gasteiger partial charge in [0.25, 0.3) is 5.91 Å². The van der Waals surface area contributed by atoms with Crippen molar-refractivity contribution < 1.29 is 19.4 Å². The minimum Gasteiger partial charge on any atom is -0.465 e. The average molecular weight is 378 g/mol. The number of nitrogens with one attached hydrogen (secondary N) is 3. The summed E-state index contributed by atoms with van der Waals surface area (Å²) in [5.74, 6) is 0.184. The van der Waals surface area contributed by atoms with Crippen LogP contribution in [0.1, 0.15) is 49.0 Å². The highest BCUT2D eigenvalue weighted by molar-refractivity contribution is 5.95. The Morgan fingerprint density at radius 3 is 2.48 bits per heavy atom. The molecule has 0 radical (unpaired) electrons. The van der Waals surface area contributed by atoms with Crippen molar-refractivity contribution in [3.63, 3.8) is 0 Å². The molecular weight excluding hydrogens is 352 g/mol. The van der Waals surface area contributed by atoms with Crippen molar-refractivity contribution >= 4 is 23.6 Å². The van der Waals surface area contributed by atoms with E-state index in [1.165, 1.54) is 6.20 Å². The molecule has 2 amide bonds. The van der Waals surface area contributed by atoms with E-state index in [-0.39, 0.29) is 23.8 Å². The number of hydrogen-bond donors (Lipinski definition) is 5. The van der Waals surface area contributed by atoms with Crippen LogP contribution in [0.4, 0.5) is 16.4 Å². The molecule has 0 aromatic carbocycles. The van der Waals surface area contributed by atoms with E-state index in [0.29, 0.717) is 24.8 Å². The molecule has 2 atom stereocenters. The van der Waals surface area contributed by atoms with Gasteiger partial charge in [-0.3, -0.25) is 4.79 Å². The minimum absolute atomic E-state index is 0.0838. The van der Waals surface area contributed by atoms with E-state index in [1.807, 2.05) is 0 Å². The summed E-state index contributed by atoms with van der Waals surface area (Å²) in [6.45, 7) is 1.30. The third kappa shape index (κ3) is 5.19. The lowest BCUT2D eigenvalue weighted by molar-refractivity contribution is 0.0903. The summed E-state index contributed by atoms with van der Waals surface area (Å²) in [5.41, 5.74) is 5.52. The molecule has 2 aliphatic rings. The lowest BCUT2D eigenvalue weighted by Gasteiger charge is -2.32. The first-order valence-corrected chi connectivity index (χ1v) is 9.30. The number of anilines is 2. The second-order valence-corrected chi connectivity index (χ2v) is 6.94. The van der Waals surface area contributed by atoms with E-state index >= 15 is 0 Å². The van der Waals surface area contributed by atoms with Gasteiger partial charge < -0.3 is 31.5 Å². The van der Waals surface area contributed by atoms with Crippen LogP contribution in [0, 0.1) is 0 Å². The fraction of sp³-hybridized carbons (Fsp3) is 0.647. The molecule has 1 saturated heterocycles. The van der Waals surface area contributed by atoms with Gasteiger partial charge in [-0.25, -0.2) is 14.8 Å². The molecule has 27 heavy (non-hydrogen) atoms. The van der Waals surface area contributed by atoms with Crippen LogP contribution in [0.25, 0.3) is 0 Å². The summed E-state index contributed by atoms with van der Waals surface area (Å²) in [6.07, 6.45) is 5.63. The van der Waals surface area contributed by atoms with E-state index in [4.69, 9.17) is 15.6 Å². The Bertz CT molecular complexity index is 679. The van der Waals surface area contributed by atoms with E-state index in [2.05, 4.69) is 25.9 Å². The van der Waals surface area contributed by atoms with Gasteiger partial charge in [0.2, 0.25) is 0 Å². The zero-order chi connectivity index (χ0) is 19.2. The van der Waals surface area contributed by atoms with Crippen LogP contribution >= 0.6 is 0 Å². The molecule has 1 aliphatic carbocycles. The lowest BCUT2D eigenvalue weighted by Crippen LogP contribution is -2.48. The molecule has 3 rings (SSSR count). The van der Waals surface area contributed by atoms with Gasteiger partial charge in [-0.1, -0.05) is 12.8 Å². The number of ether oxygens (including phenoxy) is 1. The van der Waals surface area contributed by atoms with Gasteiger partial charge in [-0.2, -0.15) is 0 Å². The first-order valence-electron chi connectivity index (χ1n) is 9.30. The van der Waals surface area contributed by atoms with E-state index in [1.54, 1.807) is 0 Å². The zero-order valence-electron chi connectivity index (χ0n) is 15.1. The number of aromatic nitrogens is 2. The summed E-state index contributed by atoms with van der Waals surface area (Å²) in [7, 11) is 0. The number of carboxylic acid groups (broad SMARTS) is 1. The number of hydrogen-bond acceptors (Lipinski definition) is 7. The van der Waals surface area contributed by atoms with Crippen LogP contribution in [-0.4, -0.2) is 58.4 Å². The maximum absolute atomic E-state index is 11.7. The third-order valence-electron chi connectivity index (χ3n) is 4.98. The molecule has 1 saturated carbocycles. The fourth-order valence-electron chi connectivity index (χ4n) is 3.60. The molecule has 1 aromatic heterocycles. The van der Waals surface area contributed by atoms with Crippen molar-refractivity contribution in [2.45, 2.75) is 56.7 Å². The third-order valence-corrected chi connectivity index (χ3v) is 4.98. The Morgan fingerprint density at radius 2 is 1.81 bits per heavy atom. The Hall–Kier alpha value is -2.62. The van der Waals surface area contributed by atoms with Gasteiger partial charge in [-0.15, -0.1) is 0 Å². The van der Waals surface area contributed by atoms with Crippen LogP contribution in [0.5, 0.6) is 0 Å². The molecule has 1 aromatic rings. The number of nitrogens with two attached hydrogens (primary N) is 1. The van der Waals surface area contributed by atoms with Crippen LogP contribution in [0.3, 0.4) is 0 Å². The summed E-state index contributed by atoms with van der Waals surface area (Å²) in [5, 5.41) is 18.1. The standard InChI is InChI=1S/C17H26N6O4/c18-15(24)14-16(20-10-5-7-27-8-6-10)23-13(9-19-14)21-11-3-1-2-4-12(11)22-17(25)26/h9-12,22H,1-8H2,(H2,18,24)(H,25,26)(H2,20,21,23). The number of rotatable bonds is 6. The van der Waals surface area contributed by atoms with E-state index in [0.717, 1.165) is 38.5 Å². The van der Waals surface area contributed by atoms with Crippen LogP contribution < -0.4 is 21.7 Å². The van der Waals surface area contributed by atoms with Crippen LogP contribution in [0.15, 0.2) is 6.20 Å². The molecule has 2 heterocycles. The Labute approximate surface area is 157 Å². The van der Waals surface area contributed by atoms with Crippen molar-refractivity contribution in [3.05, 3.63) is 11.9 Å². The Balaban J connectivity index is 1.75. The lowest BCUT2D eigenvalue weighted by atomic mass is 9.90. The highest BCUT2D eigenvalue weighted by Crippen LogP contribution is 2.23. The van der Waals surface area contributed by atoms with Gasteiger partial charge in [0.1, 0.15) is 5.82 Å². The molecule has 10 heteroatoms. The quantitative estimate of drug-likeness (QED) is 0.494. The van der Waals surface area contributed by atoms with Crippen molar-refractivity contribution in [3.8, 4) is 0 Å². The topological polar surface area (TPSA) is 151 Å². The number of nitrogens with zero attached hydrogens (tertiary/aromatic N) is 2. The van der Waals surface area contributed by atoms with Crippen molar-refractivity contribution in [2.24, 2.45) is 5.73 Å². The van der Waals surface area contributed by atoms with Gasteiger partial charge in [0.15, 0.2) is 11.5 Å². The number of carbonyl (C=O) groups excluding carboxylic acids is 1. The zero-order valence-corrected chi connectivity index (χ0v) is 15.1. The second-order valence-electron chi connectivity index (χ2n) is 6.94. The van der Waals surface area contributed by atoms with E-state index in [9.17, 15) is 9.59 Å². The van der Waals surface area contributed by atoms with Crippen LogP contribution in [0.2, 0.25) is 0 Å². The molecule has 0 bridgehead atoms. The molecule has 6 N–H and O–H groups in total. The smallest absolute Gasteiger partial charge is 0.404 e. The maximum atomic E-state index is 11.7. The Kier molecular flexibility index (Phi) is 6.28. The summed E-state index contributed by atoms with van der Waals surface area (Å²) < 4.78 is 5.35. The van der Waals surface area contributed by atoms with Gasteiger partial charge in [0.05, 0.1) is 12.2 Å². The number of primary amides is 1.